The van der Waals surface area contributed by atoms with Gasteiger partial charge in [-0.15, -0.1) is 0 Å². The van der Waals surface area contributed by atoms with Crippen LogP contribution >= 0.6 is 0 Å². The number of rotatable bonds is 6. The van der Waals surface area contributed by atoms with Crippen molar-refractivity contribution in [2.45, 2.75) is 33.4 Å². The third-order valence-corrected chi connectivity index (χ3v) is 7.29. The molecular weight excluding hydrogens is 466 g/mol. The number of anilines is 1. The van der Waals surface area contributed by atoms with Crippen LogP contribution in [0, 0.1) is 6.92 Å². The fourth-order valence-corrected chi connectivity index (χ4v) is 5.14. The van der Waals surface area contributed by atoms with Crippen LogP contribution in [0.25, 0.3) is 28.4 Å². The molecule has 0 spiro atoms. The van der Waals surface area contributed by atoms with Crippen molar-refractivity contribution in [3.8, 4) is 17.2 Å². The molecule has 3 aromatic heterocycles. The fraction of sp³-hybridized carbons (Fsp3) is 0.481. The molecule has 0 saturated carbocycles. The van der Waals surface area contributed by atoms with Gasteiger partial charge in [-0.1, -0.05) is 23.8 Å². The molecular formula is C27H35N9O. The zero-order chi connectivity index (χ0) is 25.4. The summed E-state index contributed by atoms with van der Waals surface area (Å²) in [6.07, 6.45) is 1.92. The summed E-state index contributed by atoms with van der Waals surface area (Å²) in [4.78, 5) is 25.5. The second-order valence-electron chi connectivity index (χ2n) is 10.2. The number of aromatic nitrogens is 6. The van der Waals surface area contributed by atoms with E-state index < -0.39 is 0 Å². The van der Waals surface area contributed by atoms with E-state index in [2.05, 4.69) is 64.7 Å². The predicted octanol–water partition coefficient (Wildman–Crippen LogP) is 2.88. The number of aryl methyl sites for hydroxylation is 1. The Hall–Kier alpha value is -3.34. The summed E-state index contributed by atoms with van der Waals surface area (Å²) in [5.41, 5.74) is 4.73. The first-order valence-electron chi connectivity index (χ1n) is 13.2. The van der Waals surface area contributed by atoms with Gasteiger partial charge in [-0.2, -0.15) is 15.1 Å². The summed E-state index contributed by atoms with van der Waals surface area (Å²) < 4.78 is 7.36. The van der Waals surface area contributed by atoms with E-state index in [1.165, 1.54) is 5.56 Å². The summed E-state index contributed by atoms with van der Waals surface area (Å²) in [6.45, 7) is 14.6. The Bertz CT molecular complexity index is 1360. The van der Waals surface area contributed by atoms with Gasteiger partial charge in [-0.3, -0.25) is 9.80 Å². The average molecular weight is 502 g/mol. The molecule has 2 aliphatic heterocycles. The lowest BCUT2D eigenvalue weighted by atomic mass is 10.1. The van der Waals surface area contributed by atoms with E-state index >= 15 is 0 Å². The van der Waals surface area contributed by atoms with E-state index in [9.17, 15) is 0 Å². The highest BCUT2D eigenvalue weighted by Gasteiger charge is 2.23. The van der Waals surface area contributed by atoms with Crippen molar-refractivity contribution in [2.75, 3.05) is 57.4 Å². The molecule has 0 amide bonds. The van der Waals surface area contributed by atoms with E-state index in [0.717, 1.165) is 79.9 Å². The van der Waals surface area contributed by atoms with Gasteiger partial charge < -0.3 is 14.6 Å². The van der Waals surface area contributed by atoms with Crippen molar-refractivity contribution in [1.29, 1.82) is 0 Å². The lowest BCUT2D eigenvalue weighted by Gasteiger charge is -2.36. The maximum atomic E-state index is 5.60. The topological polar surface area (TPSA) is 91.2 Å². The van der Waals surface area contributed by atoms with Crippen LogP contribution in [0.15, 0.2) is 36.5 Å². The molecule has 10 nitrogen and oxygen atoms in total. The van der Waals surface area contributed by atoms with Gasteiger partial charge in [0.2, 0.25) is 0 Å². The molecule has 1 aromatic carbocycles. The monoisotopic (exact) mass is 501 g/mol. The molecule has 2 saturated heterocycles. The van der Waals surface area contributed by atoms with Crippen LogP contribution in [0.1, 0.15) is 25.2 Å². The zero-order valence-electron chi connectivity index (χ0n) is 21.9. The smallest absolute Gasteiger partial charge is 0.254 e. The number of morpholine rings is 1. The van der Waals surface area contributed by atoms with Crippen molar-refractivity contribution >= 4 is 17.0 Å². The summed E-state index contributed by atoms with van der Waals surface area (Å²) in [5, 5.41) is 4.81. The number of hydrogen-bond donors (Lipinski definition) is 1. The van der Waals surface area contributed by atoms with Gasteiger partial charge in [0.1, 0.15) is 5.82 Å². The quantitative estimate of drug-likeness (QED) is 0.431. The summed E-state index contributed by atoms with van der Waals surface area (Å²) in [6, 6.07) is 10.9. The molecule has 0 bridgehead atoms. The van der Waals surface area contributed by atoms with Crippen LogP contribution in [0.3, 0.4) is 0 Å². The number of nitrogens with one attached hydrogen (secondary N) is 1. The summed E-state index contributed by atoms with van der Waals surface area (Å²) >= 11 is 0. The number of hydrogen-bond acceptors (Lipinski definition) is 8. The zero-order valence-corrected chi connectivity index (χ0v) is 21.9. The third-order valence-electron chi connectivity index (χ3n) is 7.29. The maximum Gasteiger partial charge on any atom is 0.254 e. The van der Waals surface area contributed by atoms with Crippen LogP contribution in [0.4, 0.5) is 5.82 Å². The Labute approximate surface area is 217 Å². The Morgan fingerprint density at radius 1 is 0.973 bits per heavy atom. The molecule has 6 rings (SSSR count). The summed E-state index contributed by atoms with van der Waals surface area (Å²) in [5.74, 6) is 2.30. The van der Waals surface area contributed by atoms with Crippen LogP contribution in [-0.4, -0.2) is 98.0 Å². The van der Waals surface area contributed by atoms with E-state index in [-0.39, 0.29) is 0 Å². The van der Waals surface area contributed by atoms with E-state index in [4.69, 9.17) is 24.8 Å². The largest absolute Gasteiger partial charge is 0.378 e. The second-order valence-corrected chi connectivity index (χ2v) is 10.2. The van der Waals surface area contributed by atoms with Crippen molar-refractivity contribution in [3.63, 3.8) is 0 Å². The van der Waals surface area contributed by atoms with Crippen LogP contribution in [-0.2, 0) is 11.3 Å². The predicted molar refractivity (Wildman–Crippen MR) is 144 cm³/mol. The third kappa shape index (κ3) is 5.09. The molecule has 194 valence electrons. The van der Waals surface area contributed by atoms with Crippen molar-refractivity contribution < 1.29 is 4.74 Å². The first-order chi connectivity index (χ1) is 18.0. The van der Waals surface area contributed by atoms with Gasteiger partial charge in [0.05, 0.1) is 25.5 Å². The number of imidazole rings is 1. The molecule has 0 atom stereocenters. The highest BCUT2D eigenvalue weighted by Crippen LogP contribution is 2.26. The molecule has 4 aromatic rings. The molecule has 2 fully saturated rings. The average Bonchev–Trinajstić information content (AvgIpc) is 3.56. The van der Waals surface area contributed by atoms with Crippen LogP contribution < -0.4 is 4.90 Å². The highest BCUT2D eigenvalue weighted by atomic mass is 16.5. The van der Waals surface area contributed by atoms with Gasteiger partial charge >= 0.3 is 0 Å². The number of aromatic amines is 1. The second kappa shape index (κ2) is 10.2. The van der Waals surface area contributed by atoms with Gasteiger partial charge in [-0.25, -0.2) is 9.67 Å². The first kappa shape index (κ1) is 24.0. The maximum absolute atomic E-state index is 5.60. The number of nitrogens with zero attached hydrogens (tertiary/aromatic N) is 8. The Kier molecular flexibility index (Phi) is 6.62. The van der Waals surface area contributed by atoms with Gasteiger partial charge in [0, 0.05) is 57.1 Å². The standard InChI is InChI=1S/C27H35N9O/c1-19(2)34-11-9-33(10-12-34)18-23-28-24-25(29-23)30-27(31-26(24)35-13-15-37-16-14-35)36-8-7-22(32-36)21-6-4-5-20(3)17-21/h4-8,17,19H,9-16,18H2,1-3H3,(H,28,29,30,31). The molecule has 5 heterocycles. The van der Waals surface area contributed by atoms with Crippen molar-refractivity contribution in [3.05, 3.63) is 47.9 Å². The normalized spacial score (nSPS) is 17.8. The Morgan fingerprint density at radius 2 is 1.78 bits per heavy atom. The molecule has 1 N–H and O–H groups in total. The number of fused-ring (bicyclic) bond motifs is 1. The molecule has 0 unspecified atom stereocenters. The number of H-pyrrole nitrogens is 1. The van der Waals surface area contributed by atoms with E-state index in [0.29, 0.717) is 25.2 Å². The lowest BCUT2D eigenvalue weighted by Crippen LogP contribution is -2.48. The minimum absolute atomic E-state index is 0.536. The molecule has 2 aliphatic rings. The molecule has 0 aliphatic carbocycles. The fourth-order valence-electron chi connectivity index (χ4n) is 5.14. The van der Waals surface area contributed by atoms with Crippen molar-refractivity contribution in [2.24, 2.45) is 0 Å². The van der Waals surface area contributed by atoms with E-state index in [1.54, 1.807) is 4.68 Å². The Balaban J connectivity index is 1.32. The number of benzene rings is 1. The van der Waals surface area contributed by atoms with Crippen LogP contribution in [0.2, 0.25) is 0 Å². The lowest BCUT2D eigenvalue weighted by molar-refractivity contribution is 0.102. The number of ether oxygens (including phenoxy) is 1. The van der Waals surface area contributed by atoms with Gasteiger partial charge in [-0.05, 0) is 32.9 Å². The Morgan fingerprint density at radius 3 is 2.54 bits per heavy atom. The first-order valence-corrected chi connectivity index (χ1v) is 13.2. The molecule has 10 heteroatoms. The molecule has 0 radical (unpaired) electrons. The minimum Gasteiger partial charge on any atom is -0.378 e. The van der Waals surface area contributed by atoms with Crippen molar-refractivity contribution in [1.82, 2.24) is 39.5 Å². The minimum atomic E-state index is 0.536. The van der Waals surface area contributed by atoms with Gasteiger partial charge in [0.25, 0.3) is 5.95 Å². The molecule has 37 heavy (non-hydrogen) atoms. The number of piperazine rings is 1. The summed E-state index contributed by atoms with van der Waals surface area (Å²) in [7, 11) is 0. The highest BCUT2D eigenvalue weighted by molar-refractivity contribution is 5.84. The SMILES string of the molecule is Cc1cccc(-c2ccn(-c3nc(N4CCOCC4)c4nc(CN5CCN(C(C)C)CC5)[nH]c4n3)n2)c1. The van der Waals surface area contributed by atoms with Gasteiger partial charge in [0.15, 0.2) is 17.0 Å². The van der Waals surface area contributed by atoms with E-state index in [1.807, 2.05) is 12.3 Å². The van der Waals surface area contributed by atoms with Crippen LogP contribution in [0.5, 0.6) is 0 Å².